The van der Waals surface area contributed by atoms with Gasteiger partial charge in [0.05, 0.1) is 31.9 Å². The number of rotatable bonds is 6. The third-order valence-electron chi connectivity index (χ3n) is 6.23. The minimum absolute atomic E-state index is 0.171. The van der Waals surface area contributed by atoms with E-state index in [0.29, 0.717) is 40.5 Å². The molecule has 2 aromatic carbocycles. The first kappa shape index (κ1) is 21.2. The van der Waals surface area contributed by atoms with Crippen LogP contribution in [0.1, 0.15) is 28.4 Å². The standard InChI is InChI=1S/C24H28N2O5/c1-4-25-9-11-26(12-10-25)15-19-20(27)7-6-18-23(28)22(31-24(18)19)14-16-13-17(29-2)5-8-21(16)30-3/h5-8,13-14,27H,4,9-12,15H2,1-3H3/p+2. The first-order valence-electron chi connectivity index (χ1n) is 10.7. The van der Waals surface area contributed by atoms with Crippen LogP contribution in [0.2, 0.25) is 0 Å². The number of carbonyl (C=O) groups excluding carboxylic acids is 1. The highest BCUT2D eigenvalue weighted by Gasteiger charge is 2.33. The molecule has 0 amide bonds. The number of Topliss-reactive ketones (excluding diaryl/α,β-unsaturated/α-hetero) is 1. The van der Waals surface area contributed by atoms with E-state index in [9.17, 15) is 9.90 Å². The Bertz CT molecular complexity index is 1010. The van der Waals surface area contributed by atoms with Gasteiger partial charge in [0.2, 0.25) is 5.78 Å². The Labute approximate surface area is 182 Å². The van der Waals surface area contributed by atoms with E-state index in [1.54, 1.807) is 55.5 Å². The summed E-state index contributed by atoms with van der Waals surface area (Å²) < 4.78 is 16.7. The summed E-state index contributed by atoms with van der Waals surface area (Å²) in [6.45, 7) is 8.27. The van der Waals surface area contributed by atoms with Crippen LogP contribution in [0.5, 0.6) is 23.0 Å². The summed E-state index contributed by atoms with van der Waals surface area (Å²) in [5.41, 5.74) is 1.87. The number of benzene rings is 2. The fourth-order valence-electron chi connectivity index (χ4n) is 4.30. The summed E-state index contributed by atoms with van der Waals surface area (Å²) in [4.78, 5) is 16.0. The van der Waals surface area contributed by atoms with Crippen LogP contribution in [0, 0.1) is 0 Å². The van der Waals surface area contributed by atoms with E-state index in [1.165, 1.54) is 4.90 Å². The second-order valence-corrected chi connectivity index (χ2v) is 8.02. The van der Waals surface area contributed by atoms with Crippen LogP contribution in [0.25, 0.3) is 6.08 Å². The quantitative estimate of drug-likeness (QED) is 0.581. The zero-order valence-corrected chi connectivity index (χ0v) is 18.3. The van der Waals surface area contributed by atoms with Crippen molar-refractivity contribution < 1.29 is 33.9 Å². The van der Waals surface area contributed by atoms with Gasteiger partial charge in [0.25, 0.3) is 0 Å². The number of piperazine rings is 1. The minimum atomic E-state index is -0.198. The molecule has 0 saturated carbocycles. The molecule has 2 aliphatic rings. The smallest absolute Gasteiger partial charge is 0.231 e. The molecular formula is C24H30N2O5+2. The van der Waals surface area contributed by atoms with E-state index < -0.39 is 0 Å². The summed E-state index contributed by atoms with van der Waals surface area (Å²) in [5.74, 6) is 1.93. The SMILES string of the molecule is CC[NH+]1CC[NH+](Cc2c(O)ccc3c2OC(=Cc2cc(OC)ccc2OC)C3=O)CC1. The lowest BCUT2D eigenvalue weighted by Gasteiger charge is -2.29. The number of aromatic hydroxyl groups is 1. The average molecular weight is 427 g/mol. The van der Waals surface area contributed by atoms with E-state index in [-0.39, 0.29) is 17.3 Å². The van der Waals surface area contributed by atoms with Gasteiger partial charge < -0.3 is 29.1 Å². The van der Waals surface area contributed by atoms with Crippen LogP contribution < -0.4 is 24.0 Å². The van der Waals surface area contributed by atoms with Gasteiger partial charge in [0, 0.05) is 5.56 Å². The third-order valence-corrected chi connectivity index (χ3v) is 6.23. The second kappa shape index (κ2) is 8.99. The molecule has 7 heteroatoms. The van der Waals surface area contributed by atoms with Gasteiger partial charge in [-0.25, -0.2) is 0 Å². The molecule has 0 aromatic heterocycles. The van der Waals surface area contributed by atoms with Gasteiger partial charge in [-0.2, -0.15) is 0 Å². The summed E-state index contributed by atoms with van der Waals surface area (Å²) in [5, 5.41) is 10.6. The number of nitrogens with one attached hydrogen (secondary N) is 2. The monoisotopic (exact) mass is 426 g/mol. The number of likely N-dealkylation sites (N-methyl/N-ethyl adjacent to an activating group) is 1. The highest BCUT2D eigenvalue weighted by atomic mass is 16.5. The molecule has 3 N–H and O–H groups in total. The van der Waals surface area contributed by atoms with E-state index >= 15 is 0 Å². The maximum absolute atomic E-state index is 13.0. The number of fused-ring (bicyclic) bond motifs is 1. The highest BCUT2D eigenvalue weighted by molar-refractivity contribution is 6.15. The zero-order chi connectivity index (χ0) is 22.0. The molecule has 0 atom stereocenters. The molecular weight excluding hydrogens is 396 g/mol. The van der Waals surface area contributed by atoms with Crippen molar-refractivity contribution in [2.24, 2.45) is 0 Å². The van der Waals surface area contributed by atoms with Crippen LogP contribution in [0.4, 0.5) is 0 Å². The Kier molecular flexibility index (Phi) is 6.15. The van der Waals surface area contributed by atoms with Crippen molar-refractivity contribution >= 4 is 11.9 Å². The number of ether oxygens (including phenoxy) is 3. The fraction of sp³-hybridized carbons (Fsp3) is 0.375. The number of hydrogen-bond donors (Lipinski definition) is 3. The lowest BCUT2D eigenvalue weighted by Crippen LogP contribution is -3.27. The summed E-state index contributed by atoms with van der Waals surface area (Å²) in [6, 6.07) is 8.61. The van der Waals surface area contributed by atoms with Gasteiger partial charge >= 0.3 is 0 Å². The molecule has 0 spiro atoms. The molecule has 2 aliphatic heterocycles. The number of carbonyl (C=O) groups is 1. The number of allylic oxidation sites excluding steroid dienone is 1. The van der Waals surface area contributed by atoms with E-state index in [4.69, 9.17) is 14.2 Å². The van der Waals surface area contributed by atoms with E-state index in [2.05, 4.69) is 6.92 Å². The molecule has 164 valence electrons. The molecule has 4 rings (SSSR count). The normalized spacial score (nSPS) is 21.6. The van der Waals surface area contributed by atoms with E-state index in [0.717, 1.165) is 32.7 Å². The van der Waals surface area contributed by atoms with Crippen molar-refractivity contribution in [1.29, 1.82) is 0 Å². The summed E-state index contributed by atoms with van der Waals surface area (Å²) in [6.07, 6.45) is 1.67. The number of ketones is 1. The number of methoxy groups -OCH3 is 2. The topological polar surface area (TPSA) is 73.9 Å². The van der Waals surface area contributed by atoms with Gasteiger partial charge in [-0.1, -0.05) is 0 Å². The fourth-order valence-corrected chi connectivity index (χ4v) is 4.30. The minimum Gasteiger partial charge on any atom is -0.507 e. The Hall–Kier alpha value is -3.03. The molecule has 0 bridgehead atoms. The van der Waals surface area contributed by atoms with Crippen molar-refractivity contribution in [1.82, 2.24) is 0 Å². The number of phenolic OH excluding ortho intramolecular Hbond substituents is 1. The predicted molar refractivity (Wildman–Crippen MR) is 116 cm³/mol. The second-order valence-electron chi connectivity index (χ2n) is 8.02. The number of quaternary nitrogens is 2. The third kappa shape index (κ3) is 4.24. The number of phenols is 1. The first-order valence-corrected chi connectivity index (χ1v) is 10.7. The Morgan fingerprint density at radius 2 is 1.81 bits per heavy atom. The van der Waals surface area contributed by atoms with Crippen LogP contribution in [-0.2, 0) is 6.54 Å². The van der Waals surface area contributed by atoms with Crippen molar-refractivity contribution in [3.05, 3.63) is 52.8 Å². The molecule has 2 heterocycles. The average Bonchev–Trinajstić information content (AvgIpc) is 3.11. The van der Waals surface area contributed by atoms with Gasteiger partial charge in [-0.3, -0.25) is 4.79 Å². The van der Waals surface area contributed by atoms with Crippen LogP contribution in [0.15, 0.2) is 36.1 Å². The van der Waals surface area contributed by atoms with Gasteiger partial charge in [-0.15, -0.1) is 0 Å². The zero-order valence-electron chi connectivity index (χ0n) is 18.3. The lowest BCUT2D eigenvalue weighted by molar-refractivity contribution is -1.02. The van der Waals surface area contributed by atoms with Gasteiger partial charge in [0.15, 0.2) is 11.5 Å². The molecule has 31 heavy (non-hydrogen) atoms. The molecule has 0 radical (unpaired) electrons. The Balaban J connectivity index is 1.62. The lowest BCUT2D eigenvalue weighted by atomic mass is 10.0. The molecule has 0 unspecified atom stereocenters. The molecule has 0 aliphatic carbocycles. The summed E-state index contributed by atoms with van der Waals surface area (Å²) >= 11 is 0. The van der Waals surface area contributed by atoms with Crippen molar-refractivity contribution in [2.75, 3.05) is 46.9 Å². The van der Waals surface area contributed by atoms with Crippen LogP contribution >= 0.6 is 0 Å². The molecule has 1 fully saturated rings. The molecule has 7 nitrogen and oxygen atoms in total. The van der Waals surface area contributed by atoms with Crippen molar-refractivity contribution in [3.8, 4) is 23.0 Å². The maximum atomic E-state index is 13.0. The van der Waals surface area contributed by atoms with Gasteiger partial charge in [-0.05, 0) is 43.3 Å². The maximum Gasteiger partial charge on any atom is 0.231 e. The Morgan fingerprint density at radius 1 is 1.06 bits per heavy atom. The summed E-state index contributed by atoms with van der Waals surface area (Å²) in [7, 11) is 3.17. The largest absolute Gasteiger partial charge is 0.507 e. The van der Waals surface area contributed by atoms with Gasteiger partial charge in [0.1, 0.15) is 50.0 Å². The van der Waals surface area contributed by atoms with E-state index in [1.807, 2.05) is 0 Å². The first-order chi connectivity index (χ1) is 15.0. The Morgan fingerprint density at radius 3 is 2.48 bits per heavy atom. The predicted octanol–water partition coefficient (Wildman–Crippen LogP) is 0.329. The van der Waals surface area contributed by atoms with Crippen LogP contribution in [-0.4, -0.2) is 57.8 Å². The highest BCUT2D eigenvalue weighted by Crippen LogP contribution is 2.39. The van der Waals surface area contributed by atoms with Crippen molar-refractivity contribution in [2.45, 2.75) is 13.5 Å². The molecule has 2 aromatic rings. The number of hydrogen-bond acceptors (Lipinski definition) is 5. The van der Waals surface area contributed by atoms with Crippen molar-refractivity contribution in [3.63, 3.8) is 0 Å². The van der Waals surface area contributed by atoms with Crippen LogP contribution in [0.3, 0.4) is 0 Å². The molecule has 1 saturated heterocycles.